The minimum Gasteiger partial charge on any atom is -0.324 e. The Morgan fingerprint density at radius 3 is 1.80 bits per heavy atom. The van der Waals surface area contributed by atoms with Crippen LogP contribution in [0.15, 0.2) is 54.6 Å². The first kappa shape index (κ1) is 18.8. The molecule has 0 aromatic heterocycles. The molecule has 0 spiro atoms. The monoisotopic (exact) mass is 361 g/mol. The van der Waals surface area contributed by atoms with Gasteiger partial charge in [-0.1, -0.05) is 48.5 Å². The summed E-state index contributed by atoms with van der Waals surface area (Å²) < 4.78 is 78.0. The average molecular weight is 361 g/mol. The van der Waals surface area contributed by atoms with Crippen LogP contribution < -0.4 is 5.32 Å². The van der Waals surface area contributed by atoms with E-state index >= 15 is 0 Å². The van der Waals surface area contributed by atoms with Crippen LogP contribution in [0, 0.1) is 5.41 Å². The summed E-state index contributed by atoms with van der Waals surface area (Å²) in [5.41, 5.74) is -3.82. The van der Waals surface area contributed by atoms with Crippen LogP contribution in [0.3, 0.4) is 0 Å². The summed E-state index contributed by atoms with van der Waals surface area (Å²) in [5.74, 6) is -2.18. The zero-order valence-electron chi connectivity index (χ0n) is 12.9. The minimum absolute atomic E-state index is 0.140. The van der Waals surface area contributed by atoms with E-state index in [0.29, 0.717) is 11.1 Å². The molecule has 0 unspecified atom stereocenters. The summed E-state index contributed by atoms with van der Waals surface area (Å²) in [6, 6.07) is 14.0. The van der Waals surface area contributed by atoms with E-state index in [4.69, 9.17) is 0 Å². The number of hydrogen-bond acceptors (Lipinski definition) is 1. The summed E-state index contributed by atoms with van der Waals surface area (Å²) in [7, 11) is 0. The minimum atomic E-state index is -5.79. The Labute approximate surface area is 139 Å². The number of hydrogen-bond donors (Lipinski definition) is 1. The van der Waals surface area contributed by atoms with Crippen LogP contribution >= 0.6 is 0 Å². The van der Waals surface area contributed by atoms with Crippen molar-refractivity contribution in [2.75, 3.05) is 5.32 Å². The fourth-order valence-electron chi connectivity index (χ4n) is 2.13. The maximum Gasteiger partial charge on any atom is 0.411 e. The van der Waals surface area contributed by atoms with Gasteiger partial charge in [0.05, 0.1) is 0 Å². The molecule has 0 saturated carbocycles. The van der Waals surface area contributed by atoms with Crippen molar-refractivity contribution < 1.29 is 31.1 Å². The van der Waals surface area contributed by atoms with Crippen molar-refractivity contribution in [2.24, 2.45) is 5.41 Å². The Balaban J connectivity index is 2.45. The van der Waals surface area contributed by atoms with Crippen LogP contribution in [0.5, 0.6) is 0 Å². The Bertz CT molecular complexity index is 738. The van der Waals surface area contributed by atoms with E-state index in [-0.39, 0.29) is 12.6 Å². The van der Waals surface area contributed by atoms with Crippen molar-refractivity contribution in [3.05, 3.63) is 54.6 Å². The quantitative estimate of drug-likeness (QED) is 0.727. The third-order valence-electron chi connectivity index (χ3n) is 3.85. The number of anilines is 1. The molecule has 0 atom stereocenters. The maximum atomic E-state index is 13.0. The van der Waals surface area contributed by atoms with Crippen LogP contribution in [0.4, 0.5) is 32.0 Å². The first-order valence-electron chi connectivity index (χ1n) is 7.08. The summed E-state index contributed by atoms with van der Waals surface area (Å²) in [5, 5.41) is 1.78. The van der Waals surface area contributed by atoms with Crippen LogP contribution in [0.2, 0.25) is 0 Å². The van der Waals surface area contributed by atoms with Gasteiger partial charge in [-0.2, -0.15) is 26.3 Å². The van der Waals surface area contributed by atoms with Crippen molar-refractivity contribution in [1.82, 2.24) is 0 Å². The van der Waals surface area contributed by atoms with Gasteiger partial charge in [0.15, 0.2) is 0 Å². The highest BCUT2D eigenvalue weighted by Gasteiger charge is 2.72. The maximum absolute atomic E-state index is 13.0. The first-order valence-corrected chi connectivity index (χ1v) is 7.08. The van der Waals surface area contributed by atoms with E-state index in [0.717, 1.165) is 0 Å². The van der Waals surface area contributed by atoms with Gasteiger partial charge in [-0.05, 0) is 18.6 Å². The lowest BCUT2D eigenvalue weighted by atomic mass is 9.87. The van der Waals surface area contributed by atoms with Gasteiger partial charge in [0.1, 0.15) is 0 Å². The van der Waals surface area contributed by atoms with Gasteiger partial charge in [-0.15, -0.1) is 0 Å². The zero-order valence-corrected chi connectivity index (χ0v) is 12.9. The van der Waals surface area contributed by atoms with Crippen molar-refractivity contribution >= 4 is 11.6 Å². The highest BCUT2D eigenvalue weighted by molar-refractivity contribution is 5.99. The number of para-hydroxylation sites is 1. The molecular formula is C17H13F6NO. The molecule has 8 heteroatoms. The second-order valence-corrected chi connectivity index (χ2v) is 5.49. The van der Waals surface area contributed by atoms with Gasteiger partial charge >= 0.3 is 12.4 Å². The van der Waals surface area contributed by atoms with Crippen LogP contribution in [-0.2, 0) is 4.79 Å². The second-order valence-electron chi connectivity index (χ2n) is 5.49. The van der Waals surface area contributed by atoms with Gasteiger partial charge in [-0.25, -0.2) is 0 Å². The predicted molar refractivity (Wildman–Crippen MR) is 80.7 cm³/mol. The third-order valence-corrected chi connectivity index (χ3v) is 3.85. The fraction of sp³-hybridized carbons (Fsp3) is 0.235. The number of rotatable bonds is 3. The van der Waals surface area contributed by atoms with E-state index in [1.54, 1.807) is 41.7 Å². The zero-order chi connectivity index (χ0) is 18.9. The standard InChI is InChI=1S/C17H13F6NO/c1-15(16(18,19)20,17(21,22)23)14(25)24-13-10-6-5-9-12(13)11-7-3-2-4-8-11/h2-10H,1H3,(H,24,25). The average Bonchev–Trinajstić information content (AvgIpc) is 2.53. The number of benzene rings is 2. The molecule has 0 fully saturated rings. The van der Waals surface area contributed by atoms with Crippen molar-refractivity contribution in [1.29, 1.82) is 0 Å². The van der Waals surface area contributed by atoms with E-state index in [2.05, 4.69) is 0 Å². The Morgan fingerprint density at radius 2 is 1.28 bits per heavy atom. The Kier molecular flexibility index (Phi) is 4.83. The molecule has 2 nitrogen and oxygen atoms in total. The van der Waals surface area contributed by atoms with Crippen molar-refractivity contribution in [3.8, 4) is 11.1 Å². The van der Waals surface area contributed by atoms with Crippen LogP contribution in [0.25, 0.3) is 11.1 Å². The molecule has 134 valence electrons. The van der Waals surface area contributed by atoms with Crippen molar-refractivity contribution in [2.45, 2.75) is 19.3 Å². The summed E-state index contributed by atoms with van der Waals surface area (Å²) in [6.07, 6.45) is -11.6. The van der Waals surface area contributed by atoms with E-state index in [9.17, 15) is 31.1 Å². The molecule has 0 aliphatic carbocycles. The summed E-state index contributed by atoms with van der Waals surface area (Å²) in [6.45, 7) is -0.173. The molecule has 0 heterocycles. The van der Waals surface area contributed by atoms with E-state index in [1.807, 2.05) is 0 Å². The fourth-order valence-corrected chi connectivity index (χ4v) is 2.13. The lowest BCUT2D eigenvalue weighted by Crippen LogP contribution is -2.55. The summed E-state index contributed by atoms with van der Waals surface area (Å²) in [4.78, 5) is 12.0. The number of alkyl halides is 6. The molecule has 1 amide bonds. The lowest BCUT2D eigenvalue weighted by Gasteiger charge is -2.32. The number of carbonyl (C=O) groups is 1. The molecule has 0 bridgehead atoms. The molecular weight excluding hydrogens is 348 g/mol. The molecule has 0 aliphatic heterocycles. The van der Waals surface area contributed by atoms with E-state index in [1.165, 1.54) is 18.2 Å². The molecule has 25 heavy (non-hydrogen) atoms. The van der Waals surface area contributed by atoms with E-state index < -0.39 is 23.7 Å². The highest BCUT2D eigenvalue weighted by atomic mass is 19.4. The Hall–Kier alpha value is -2.51. The number of amides is 1. The molecule has 1 N–H and O–H groups in total. The lowest BCUT2D eigenvalue weighted by molar-refractivity contribution is -0.317. The van der Waals surface area contributed by atoms with Crippen LogP contribution in [-0.4, -0.2) is 18.3 Å². The highest BCUT2D eigenvalue weighted by Crippen LogP contribution is 2.50. The van der Waals surface area contributed by atoms with Gasteiger partial charge in [-0.3, -0.25) is 4.79 Å². The SMILES string of the molecule is CC(C(=O)Nc1ccccc1-c1ccccc1)(C(F)(F)F)C(F)(F)F. The topological polar surface area (TPSA) is 29.1 Å². The predicted octanol–water partition coefficient (Wildman–Crippen LogP) is 5.42. The van der Waals surface area contributed by atoms with Gasteiger partial charge in [0.25, 0.3) is 0 Å². The number of carbonyl (C=O) groups excluding carboxylic acids is 1. The van der Waals surface area contributed by atoms with Gasteiger partial charge in [0.2, 0.25) is 11.3 Å². The first-order chi connectivity index (χ1) is 11.5. The molecule has 0 radical (unpaired) electrons. The Morgan fingerprint density at radius 1 is 0.800 bits per heavy atom. The van der Waals surface area contributed by atoms with Gasteiger partial charge in [0, 0.05) is 11.3 Å². The molecule has 0 aliphatic rings. The van der Waals surface area contributed by atoms with Gasteiger partial charge < -0.3 is 5.32 Å². The third kappa shape index (κ3) is 3.47. The summed E-state index contributed by atoms with van der Waals surface area (Å²) >= 11 is 0. The molecule has 2 aromatic rings. The normalized spacial score (nSPS) is 12.8. The van der Waals surface area contributed by atoms with Crippen LogP contribution in [0.1, 0.15) is 6.92 Å². The van der Waals surface area contributed by atoms with Crippen molar-refractivity contribution in [3.63, 3.8) is 0 Å². The largest absolute Gasteiger partial charge is 0.411 e. The smallest absolute Gasteiger partial charge is 0.324 e. The number of halogens is 6. The molecule has 2 rings (SSSR count). The molecule has 2 aromatic carbocycles. The second kappa shape index (κ2) is 6.42. The molecule has 0 saturated heterocycles. The number of nitrogens with one attached hydrogen (secondary N) is 1.